The van der Waals surface area contributed by atoms with Gasteiger partial charge >= 0.3 is 0 Å². The van der Waals surface area contributed by atoms with E-state index in [1.54, 1.807) is 6.20 Å². The number of halogens is 1. The van der Waals surface area contributed by atoms with Crippen molar-refractivity contribution in [1.82, 2.24) is 15.1 Å². The minimum absolute atomic E-state index is 0.898. The second kappa shape index (κ2) is 5.98. The van der Waals surface area contributed by atoms with Crippen molar-refractivity contribution >= 4 is 15.9 Å². The van der Waals surface area contributed by atoms with Crippen LogP contribution in [0.1, 0.15) is 11.1 Å². The van der Waals surface area contributed by atoms with Crippen molar-refractivity contribution in [2.24, 2.45) is 0 Å². The highest BCUT2D eigenvalue weighted by Crippen LogP contribution is 2.16. The Morgan fingerprint density at radius 2 is 2.29 bits per heavy atom. The Labute approximate surface area is 110 Å². The molecule has 17 heavy (non-hydrogen) atoms. The maximum Gasteiger partial charge on any atom is 0.0534 e. The number of aryl methyl sites for hydroxylation is 1. The Morgan fingerprint density at radius 1 is 1.41 bits per heavy atom. The molecule has 1 aromatic heterocycles. The summed E-state index contributed by atoms with van der Waals surface area (Å²) in [5.74, 6) is 0. The summed E-state index contributed by atoms with van der Waals surface area (Å²) >= 11 is 3.51. The number of hydrogen-bond donors (Lipinski definition) is 1. The molecular weight excluding hydrogens is 278 g/mol. The molecular formula is C13H16BrN3. The molecule has 1 N–H and O–H groups in total. The molecule has 0 aliphatic carbocycles. The Morgan fingerprint density at radius 3 is 3.00 bits per heavy atom. The molecule has 0 radical (unpaired) electrons. The molecule has 2 rings (SSSR count). The van der Waals surface area contributed by atoms with E-state index in [4.69, 9.17) is 0 Å². The number of aromatic nitrogens is 2. The van der Waals surface area contributed by atoms with Crippen LogP contribution in [0.25, 0.3) is 0 Å². The fourth-order valence-corrected chi connectivity index (χ4v) is 1.92. The second-order valence-corrected chi connectivity index (χ2v) is 4.88. The second-order valence-electron chi connectivity index (χ2n) is 4.03. The number of nitrogens with one attached hydrogen (secondary N) is 1. The molecule has 4 heteroatoms. The molecule has 0 fully saturated rings. The zero-order chi connectivity index (χ0) is 12.1. The molecule has 3 nitrogen and oxygen atoms in total. The molecule has 0 aliphatic heterocycles. The lowest BCUT2D eigenvalue weighted by Crippen LogP contribution is -2.19. The van der Waals surface area contributed by atoms with Crippen LogP contribution in [0.15, 0.2) is 41.1 Å². The molecule has 0 saturated heterocycles. The van der Waals surface area contributed by atoms with Crippen LogP contribution >= 0.6 is 15.9 Å². The van der Waals surface area contributed by atoms with Crippen LogP contribution in [0.4, 0.5) is 0 Å². The highest BCUT2D eigenvalue weighted by atomic mass is 79.9. The van der Waals surface area contributed by atoms with Crippen LogP contribution in [0, 0.1) is 6.92 Å². The maximum atomic E-state index is 4.16. The van der Waals surface area contributed by atoms with Crippen LogP contribution in [-0.2, 0) is 13.1 Å². The number of nitrogens with zero attached hydrogens (tertiary/aromatic N) is 2. The van der Waals surface area contributed by atoms with Crippen molar-refractivity contribution in [2.75, 3.05) is 6.54 Å². The fraction of sp³-hybridized carbons (Fsp3) is 0.308. The van der Waals surface area contributed by atoms with Gasteiger partial charge in [-0.25, -0.2) is 0 Å². The first-order valence-corrected chi connectivity index (χ1v) is 6.48. The van der Waals surface area contributed by atoms with Crippen LogP contribution in [0.5, 0.6) is 0 Å². The van der Waals surface area contributed by atoms with E-state index in [-0.39, 0.29) is 0 Å². The summed E-state index contributed by atoms with van der Waals surface area (Å²) < 4.78 is 3.10. The summed E-state index contributed by atoms with van der Waals surface area (Å²) in [6.45, 7) is 4.84. The van der Waals surface area contributed by atoms with E-state index in [1.807, 2.05) is 16.9 Å². The molecule has 0 bridgehead atoms. The Bertz CT molecular complexity index is 466. The third-order valence-corrected chi connectivity index (χ3v) is 3.52. The summed E-state index contributed by atoms with van der Waals surface area (Å²) in [5, 5.41) is 7.57. The summed E-state index contributed by atoms with van der Waals surface area (Å²) in [4.78, 5) is 0. The number of benzene rings is 1. The third-order valence-electron chi connectivity index (χ3n) is 2.63. The minimum atomic E-state index is 0.898. The zero-order valence-corrected chi connectivity index (χ0v) is 11.4. The van der Waals surface area contributed by atoms with E-state index in [2.05, 4.69) is 51.5 Å². The summed E-state index contributed by atoms with van der Waals surface area (Å²) in [6, 6.07) is 8.38. The molecule has 1 heterocycles. The Balaban J connectivity index is 1.76. The molecule has 0 amide bonds. The van der Waals surface area contributed by atoms with Gasteiger partial charge in [-0.2, -0.15) is 5.10 Å². The van der Waals surface area contributed by atoms with Gasteiger partial charge in [0, 0.05) is 30.0 Å². The minimum Gasteiger partial charge on any atom is -0.311 e. The number of hydrogen-bond acceptors (Lipinski definition) is 2. The Kier molecular flexibility index (Phi) is 4.34. The highest BCUT2D eigenvalue weighted by molar-refractivity contribution is 9.10. The first-order chi connectivity index (χ1) is 8.25. The monoisotopic (exact) mass is 293 g/mol. The molecule has 1 aromatic carbocycles. The van der Waals surface area contributed by atoms with Crippen molar-refractivity contribution in [3.8, 4) is 0 Å². The van der Waals surface area contributed by atoms with Crippen LogP contribution in [0.2, 0.25) is 0 Å². The summed E-state index contributed by atoms with van der Waals surface area (Å²) in [5.41, 5.74) is 2.59. The SMILES string of the molecule is Cc1cc(CNCCn2cccn2)ccc1Br. The van der Waals surface area contributed by atoms with Crippen molar-refractivity contribution < 1.29 is 0 Å². The quantitative estimate of drug-likeness (QED) is 0.859. The van der Waals surface area contributed by atoms with Crippen LogP contribution in [0.3, 0.4) is 0 Å². The standard InChI is InChI=1S/C13H16BrN3/c1-11-9-12(3-4-13(11)14)10-15-6-8-17-7-2-5-16-17/h2-5,7,9,15H,6,8,10H2,1H3. The van der Waals surface area contributed by atoms with Crippen molar-refractivity contribution in [2.45, 2.75) is 20.0 Å². The van der Waals surface area contributed by atoms with Gasteiger partial charge in [-0.05, 0) is 30.2 Å². The zero-order valence-electron chi connectivity index (χ0n) is 9.86. The van der Waals surface area contributed by atoms with Crippen molar-refractivity contribution in [1.29, 1.82) is 0 Å². The van der Waals surface area contributed by atoms with Crippen molar-refractivity contribution in [3.63, 3.8) is 0 Å². The van der Waals surface area contributed by atoms with E-state index < -0.39 is 0 Å². The molecule has 0 spiro atoms. The highest BCUT2D eigenvalue weighted by Gasteiger charge is 1.97. The largest absolute Gasteiger partial charge is 0.311 e. The van der Waals surface area contributed by atoms with Gasteiger partial charge in [0.1, 0.15) is 0 Å². The molecule has 0 aliphatic rings. The topological polar surface area (TPSA) is 29.9 Å². The average Bonchev–Trinajstić information content (AvgIpc) is 2.82. The first kappa shape index (κ1) is 12.3. The van der Waals surface area contributed by atoms with Gasteiger partial charge in [0.05, 0.1) is 6.54 Å². The van der Waals surface area contributed by atoms with E-state index in [0.29, 0.717) is 0 Å². The molecule has 2 aromatic rings. The summed E-state index contributed by atoms with van der Waals surface area (Å²) in [6.07, 6.45) is 3.78. The molecule has 0 atom stereocenters. The predicted molar refractivity (Wildman–Crippen MR) is 72.8 cm³/mol. The van der Waals surface area contributed by atoms with Gasteiger partial charge in [-0.3, -0.25) is 4.68 Å². The van der Waals surface area contributed by atoms with Gasteiger partial charge < -0.3 is 5.32 Å². The van der Waals surface area contributed by atoms with E-state index in [9.17, 15) is 0 Å². The van der Waals surface area contributed by atoms with E-state index in [0.717, 1.165) is 24.1 Å². The van der Waals surface area contributed by atoms with Crippen LogP contribution in [-0.4, -0.2) is 16.3 Å². The lowest BCUT2D eigenvalue weighted by molar-refractivity contribution is 0.555. The van der Waals surface area contributed by atoms with Crippen molar-refractivity contribution in [3.05, 3.63) is 52.3 Å². The average molecular weight is 294 g/mol. The first-order valence-electron chi connectivity index (χ1n) is 5.69. The smallest absolute Gasteiger partial charge is 0.0534 e. The fourth-order valence-electron chi connectivity index (χ4n) is 1.68. The molecule has 90 valence electrons. The van der Waals surface area contributed by atoms with Gasteiger partial charge in [0.2, 0.25) is 0 Å². The maximum absolute atomic E-state index is 4.16. The molecule has 0 unspecified atom stereocenters. The lowest BCUT2D eigenvalue weighted by Gasteiger charge is -2.07. The Hall–Kier alpha value is -1.13. The predicted octanol–water partition coefficient (Wildman–Crippen LogP) is 2.74. The van der Waals surface area contributed by atoms with Crippen LogP contribution < -0.4 is 5.32 Å². The third kappa shape index (κ3) is 3.68. The van der Waals surface area contributed by atoms with E-state index >= 15 is 0 Å². The van der Waals surface area contributed by atoms with Gasteiger partial charge in [-0.1, -0.05) is 28.1 Å². The molecule has 0 saturated carbocycles. The lowest BCUT2D eigenvalue weighted by atomic mass is 10.1. The van der Waals surface area contributed by atoms with Gasteiger partial charge in [0.25, 0.3) is 0 Å². The number of rotatable bonds is 5. The van der Waals surface area contributed by atoms with Gasteiger partial charge in [-0.15, -0.1) is 0 Å². The van der Waals surface area contributed by atoms with Gasteiger partial charge in [0.15, 0.2) is 0 Å². The normalized spacial score (nSPS) is 10.7. The van der Waals surface area contributed by atoms with E-state index in [1.165, 1.54) is 11.1 Å². The summed E-state index contributed by atoms with van der Waals surface area (Å²) in [7, 11) is 0.